The molecule has 1 heterocycles. The Labute approximate surface area is 118 Å². The van der Waals surface area contributed by atoms with Crippen LogP contribution in [0.25, 0.3) is 0 Å². The average molecular weight is 276 g/mol. The number of carbonyl (C=O) groups excluding carboxylic acids is 1. The highest BCUT2D eigenvalue weighted by molar-refractivity contribution is 7.99. The summed E-state index contributed by atoms with van der Waals surface area (Å²) in [6.07, 6.45) is 3.95. The molecular weight excluding hydrogens is 256 g/mol. The van der Waals surface area contributed by atoms with Gasteiger partial charge in [-0.2, -0.15) is 11.8 Å². The van der Waals surface area contributed by atoms with Gasteiger partial charge >= 0.3 is 0 Å². The Hall–Kier alpha value is -1.42. The molecule has 0 aliphatic carbocycles. The lowest BCUT2D eigenvalue weighted by molar-refractivity contribution is 0.0955. The van der Waals surface area contributed by atoms with Crippen molar-refractivity contribution in [3.05, 3.63) is 42.0 Å². The summed E-state index contributed by atoms with van der Waals surface area (Å²) >= 11 is 1.77. The molecule has 0 fully saturated rings. The number of nitrogens with one attached hydrogen (secondary N) is 2. The Morgan fingerprint density at radius 3 is 3.26 bits per heavy atom. The fourth-order valence-electron chi connectivity index (χ4n) is 2.22. The highest BCUT2D eigenvalue weighted by Crippen LogP contribution is 2.25. The molecule has 0 radical (unpaired) electrons. The summed E-state index contributed by atoms with van der Waals surface area (Å²) < 4.78 is 0. The zero-order valence-electron chi connectivity index (χ0n) is 11.1. The summed E-state index contributed by atoms with van der Waals surface area (Å²) in [5.74, 6) is 1.89. The van der Waals surface area contributed by atoms with Crippen molar-refractivity contribution in [2.75, 3.05) is 29.9 Å². The van der Waals surface area contributed by atoms with E-state index >= 15 is 0 Å². The zero-order valence-corrected chi connectivity index (χ0v) is 11.9. The number of amides is 1. The number of hydrogen-bond acceptors (Lipinski definition) is 3. The van der Waals surface area contributed by atoms with Crippen LogP contribution < -0.4 is 10.6 Å². The topological polar surface area (TPSA) is 41.1 Å². The SMILES string of the molecule is C=CCSCCNC(=O)c1cccc2c1CCCN2. The molecule has 1 aromatic carbocycles. The number of fused-ring (bicyclic) bond motifs is 1. The van der Waals surface area contributed by atoms with Gasteiger partial charge in [0.15, 0.2) is 0 Å². The Balaban J connectivity index is 1.93. The fourth-order valence-corrected chi connectivity index (χ4v) is 2.80. The lowest BCUT2D eigenvalue weighted by Gasteiger charge is -2.20. The van der Waals surface area contributed by atoms with Crippen molar-refractivity contribution < 1.29 is 4.79 Å². The molecule has 4 heteroatoms. The standard InChI is InChI=1S/C15H20N2OS/c1-2-10-19-11-9-17-15(18)13-5-3-7-14-12(13)6-4-8-16-14/h2-3,5,7,16H,1,4,6,8-11H2,(H,17,18). The molecule has 3 nitrogen and oxygen atoms in total. The maximum atomic E-state index is 12.2. The molecule has 19 heavy (non-hydrogen) atoms. The number of thioether (sulfide) groups is 1. The first-order valence-electron chi connectivity index (χ1n) is 6.65. The van der Waals surface area contributed by atoms with Gasteiger partial charge in [0.2, 0.25) is 0 Å². The van der Waals surface area contributed by atoms with E-state index in [0.29, 0.717) is 6.54 Å². The van der Waals surface area contributed by atoms with Gasteiger partial charge < -0.3 is 10.6 Å². The highest BCUT2D eigenvalue weighted by atomic mass is 32.2. The molecule has 0 aromatic heterocycles. The van der Waals surface area contributed by atoms with Crippen LogP contribution in [-0.2, 0) is 6.42 Å². The Kier molecular flexibility index (Phi) is 5.33. The molecule has 1 aliphatic rings. The van der Waals surface area contributed by atoms with Crippen LogP contribution in [0.1, 0.15) is 22.3 Å². The van der Waals surface area contributed by atoms with Crippen LogP contribution >= 0.6 is 11.8 Å². The molecule has 1 aliphatic heterocycles. The Morgan fingerprint density at radius 2 is 2.42 bits per heavy atom. The van der Waals surface area contributed by atoms with E-state index in [0.717, 1.165) is 47.7 Å². The van der Waals surface area contributed by atoms with Crippen molar-refractivity contribution in [3.63, 3.8) is 0 Å². The molecule has 1 amide bonds. The maximum Gasteiger partial charge on any atom is 0.251 e. The third kappa shape index (κ3) is 3.77. The first kappa shape index (κ1) is 14.0. The second kappa shape index (κ2) is 7.24. The monoisotopic (exact) mass is 276 g/mol. The van der Waals surface area contributed by atoms with E-state index in [2.05, 4.69) is 17.2 Å². The lowest BCUT2D eigenvalue weighted by Crippen LogP contribution is -2.28. The number of hydrogen-bond donors (Lipinski definition) is 2. The zero-order chi connectivity index (χ0) is 13.5. The van der Waals surface area contributed by atoms with Crippen molar-refractivity contribution in [3.8, 4) is 0 Å². The molecule has 0 saturated heterocycles. The summed E-state index contributed by atoms with van der Waals surface area (Å²) in [5.41, 5.74) is 3.09. The van der Waals surface area contributed by atoms with Gasteiger partial charge in [0.05, 0.1) is 0 Å². The quantitative estimate of drug-likeness (QED) is 0.620. The molecular formula is C15H20N2OS. The van der Waals surface area contributed by atoms with Crippen LogP contribution in [0.3, 0.4) is 0 Å². The minimum absolute atomic E-state index is 0.0414. The minimum atomic E-state index is 0.0414. The molecule has 2 rings (SSSR count). The summed E-state index contributed by atoms with van der Waals surface area (Å²) in [6.45, 7) is 5.37. The van der Waals surface area contributed by atoms with Crippen molar-refractivity contribution in [1.82, 2.24) is 5.32 Å². The van der Waals surface area contributed by atoms with Gasteiger partial charge in [-0.1, -0.05) is 12.1 Å². The molecule has 0 unspecified atom stereocenters. The van der Waals surface area contributed by atoms with Gasteiger partial charge in [0.1, 0.15) is 0 Å². The van der Waals surface area contributed by atoms with Gasteiger partial charge in [-0.25, -0.2) is 0 Å². The molecule has 1 aromatic rings. The number of rotatable bonds is 6. The normalized spacial score (nSPS) is 13.3. The van der Waals surface area contributed by atoms with E-state index in [1.165, 1.54) is 0 Å². The van der Waals surface area contributed by atoms with Crippen molar-refractivity contribution in [2.24, 2.45) is 0 Å². The van der Waals surface area contributed by atoms with Gasteiger partial charge in [-0.15, -0.1) is 6.58 Å². The predicted octanol–water partition coefficient (Wildman–Crippen LogP) is 2.69. The minimum Gasteiger partial charge on any atom is -0.385 e. The van der Waals surface area contributed by atoms with Crippen LogP contribution in [-0.4, -0.2) is 30.5 Å². The predicted molar refractivity (Wildman–Crippen MR) is 83.1 cm³/mol. The summed E-state index contributed by atoms with van der Waals surface area (Å²) in [4.78, 5) is 12.2. The lowest BCUT2D eigenvalue weighted by atomic mass is 9.97. The van der Waals surface area contributed by atoms with E-state index in [1.807, 2.05) is 24.3 Å². The third-order valence-electron chi connectivity index (χ3n) is 3.11. The van der Waals surface area contributed by atoms with E-state index < -0.39 is 0 Å². The number of benzene rings is 1. The van der Waals surface area contributed by atoms with E-state index in [4.69, 9.17) is 0 Å². The fraction of sp³-hybridized carbons (Fsp3) is 0.400. The van der Waals surface area contributed by atoms with Gasteiger partial charge in [-0.05, 0) is 30.5 Å². The molecule has 0 saturated carbocycles. The van der Waals surface area contributed by atoms with Crippen molar-refractivity contribution in [2.45, 2.75) is 12.8 Å². The van der Waals surface area contributed by atoms with Crippen LogP contribution in [0.15, 0.2) is 30.9 Å². The highest BCUT2D eigenvalue weighted by Gasteiger charge is 2.16. The molecule has 0 spiro atoms. The second-order valence-electron chi connectivity index (χ2n) is 4.48. The van der Waals surface area contributed by atoms with Gasteiger partial charge in [-0.3, -0.25) is 4.79 Å². The van der Waals surface area contributed by atoms with Crippen LogP contribution in [0, 0.1) is 0 Å². The molecule has 102 valence electrons. The number of carbonyl (C=O) groups is 1. The smallest absolute Gasteiger partial charge is 0.251 e. The maximum absolute atomic E-state index is 12.2. The third-order valence-corrected chi connectivity index (χ3v) is 4.07. The molecule has 2 N–H and O–H groups in total. The Bertz CT molecular complexity index is 459. The van der Waals surface area contributed by atoms with E-state index in [-0.39, 0.29) is 5.91 Å². The molecule has 0 bridgehead atoms. The van der Waals surface area contributed by atoms with Crippen LogP contribution in [0.4, 0.5) is 5.69 Å². The summed E-state index contributed by atoms with van der Waals surface area (Å²) in [5, 5.41) is 6.33. The van der Waals surface area contributed by atoms with Gasteiger partial charge in [0.25, 0.3) is 5.91 Å². The summed E-state index contributed by atoms with van der Waals surface area (Å²) in [7, 11) is 0. The van der Waals surface area contributed by atoms with Crippen LogP contribution in [0.2, 0.25) is 0 Å². The van der Waals surface area contributed by atoms with Crippen molar-refractivity contribution in [1.29, 1.82) is 0 Å². The van der Waals surface area contributed by atoms with Crippen molar-refractivity contribution >= 4 is 23.4 Å². The first-order chi connectivity index (χ1) is 9.33. The average Bonchev–Trinajstić information content (AvgIpc) is 2.46. The number of anilines is 1. The summed E-state index contributed by atoms with van der Waals surface area (Å²) in [6, 6.07) is 5.90. The Morgan fingerprint density at radius 1 is 1.53 bits per heavy atom. The van der Waals surface area contributed by atoms with E-state index in [1.54, 1.807) is 11.8 Å². The van der Waals surface area contributed by atoms with Crippen LogP contribution in [0.5, 0.6) is 0 Å². The molecule has 0 atom stereocenters. The van der Waals surface area contributed by atoms with E-state index in [9.17, 15) is 4.79 Å². The largest absolute Gasteiger partial charge is 0.385 e. The first-order valence-corrected chi connectivity index (χ1v) is 7.81. The van der Waals surface area contributed by atoms with Gasteiger partial charge in [0, 0.05) is 35.8 Å². The second-order valence-corrected chi connectivity index (χ2v) is 5.63.